The SMILES string of the molecule is CN1CCC(O)CC1.Cc1cccc(Cl)c1C(=O)NC(Cc1ccc(NC(=O)c2c(Cl)cccc2Cl)cc1)C(=O)O.Cc1cccc(Cl)c1C(=O)NC(Cc1ccc(NC(=O)c2c(Cl)cccc2Cl)cc1)C(=O)OC1CCN(C)CC1. The van der Waals surface area contributed by atoms with Gasteiger partial charge in [-0.15, -0.1) is 0 Å². The van der Waals surface area contributed by atoms with E-state index in [1.807, 2.05) is 7.05 Å². The van der Waals surface area contributed by atoms with Crippen LogP contribution in [-0.4, -0.2) is 120 Å². The van der Waals surface area contributed by atoms with E-state index < -0.39 is 47.7 Å². The van der Waals surface area contributed by atoms with Gasteiger partial charge in [0.25, 0.3) is 23.6 Å². The number of benzene rings is 6. The number of piperidine rings is 2. The predicted molar refractivity (Wildman–Crippen MR) is 321 cm³/mol. The maximum absolute atomic E-state index is 13.3. The van der Waals surface area contributed by atoms with Crippen LogP contribution < -0.4 is 21.3 Å². The van der Waals surface area contributed by atoms with Gasteiger partial charge in [0, 0.05) is 50.4 Å². The third-order valence-electron chi connectivity index (χ3n) is 13.4. The number of carbonyl (C=O) groups is 6. The number of carbonyl (C=O) groups excluding carboxylic acids is 5. The zero-order chi connectivity index (χ0) is 58.9. The topological polar surface area (TPSA) is 207 Å². The largest absolute Gasteiger partial charge is 0.480 e. The Kier molecular flexibility index (Phi) is 24.2. The summed E-state index contributed by atoms with van der Waals surface area (Å²) in [5.74, 6) is -3.61. The molecule has 2 atom stereocenters. The summed E-state index contributed by atoms with van der Waals surface area (Å²) in [6, 6.07) is 31.2. The van der Waals surface area contributed by atoms with Crippen molar-refractivity contribution in [3.63, 3.8) is 0 Å². The third kappa shape index (κ3) is 18.9. The number of aliphatic hydroxyl groups excluding tert-OH is 1. The summed E-state index contributed by atoms with van der Waals surface area (Å²) >= 11 is 36.8. The lowest BCUT2D eigenvalue weighted by Gasteiger charge is -2.30. The van der Waals surface area contributed by atoms with Crippen LogP contribution in [0, 0.1) is 13.8 Å². The smallest absolute Gasteiger partial charge is 0.329 e. The van der Waals surface area contributed by atoms with Crippen LogP contribution in [0.25, 0.3) is 0 Å². The second kappa shape index (κ2) is 30.7. The molecule has 0 spiro atoms. The lowest BCUT2D eigenvalue weighted by Crippen LogP contribution is -2.46. The van der Waals surface area contributed by atoms with E-state index in [1.54, 1.807) is 135 Å². The van der Waals surface area contributed by atoms with E-state index in [2.05, 4.69) is 38.1 Å². The second-order valence-corrected chi connectivity index (χ2v) is 22.1. The number of aliphatic carboxylic acids is 1. The Bertz CT molecular complexity index is 3100. The number of ether oxygens (including phenoxy) is 1. The quantitative estimate of drug-likeness (QED) is 0.0533. The zero-order valence-electron chi connectivity index (χ0n) is 44.8. The highest BCUT2D eigenvalue weighted by molar-refractivity contribution is 6.41. The van der Waals surface area contributed by atoms with Gasteiger partial charge in [0.1, 0.15) is 18.2 Å². The standard InChI is InChI=1S/C30H30Cl3N3O4.C24H19Cl3N2O4.C6H13NO/c1-18-5-3-6-22(31)26(18)28(37)35-25(30(39)40-21-13-15-36(2)16-14-21)17-19-9-11-20(12-10-19)34-29(38)27-23(32)7-4-8-24(27)33;1-13-4-2-5-16(25)20(13)22(30)29-19(24(32)33)12-14-8-10-15(11-9-14)28-23(31)21-17(26)6-3-7-18(21)27;1-7-4-2-6(8)3-5-7/h3-12,21,25H,13-17H2,1-2H3,(H,34,38)(H,35,37);2-11,19H,12H2,1H3,(H,28,31)(H,29,30)(H,32,33);6,8H,2-5H2,1H3. The molecule has 428 valence electrons. The molecule has 0 aliphatic carbocycles. The number of carboxylic acid groups (broad SMARTS) is 1. The van der Waals surface area contributed by atoms with Crippen LogP contribution in [0.4, 0.5) is 11.4 Å². The third-order valence-corrected chi connectivity index (χ3v) is 15.3. The number of likely N-dealkylation sites (tertiary alicyclic amines) is 2. The molecular weight excluding hydrogens is 1160 g/mol. The molecule has 0 aromatic heterocycles. The number of amides is 4. The lowest BCUT2D eigenvalue weighted by molar-refractivity contribution is -0.153. The second-order valence-electron chi connectivity index (χ2n) is 19.6. The van der Waals surface area contributed by atoms with Crippen LogP contribution in [0.2, 0.25) is 30.1 Å². The minimum Gasteiger partial charge on any atom is -0.480 e. The highest BCUT2D eigenvalue weighted by Crippen LogP contribution is 2.28. The minimum atomic E-state index is -1.18. The highest BCUT2D eigenvalue weighted by Gasteiger charge is 2.30. The number of anilines is 2. The fourth-order valence-corrected chi connectivity index (χ4v) is 10.5. The van der Waals surface area contributed by atoms with Crippen molar-refractivity contribution in [3.8, 4) is 0 Å². The molecule has 8 rings (SSSR count). The fourth-order valence-electron chi connectivity index (χ4n) is 8.77. The van der Waals surface area contributed by atoms with E-state index in [0.717, 1.165) is 57.4 Å². The molecule has 2 unspecified atom stereocenters. The summed E-state index contributed by atoms with van der Waals surface area (Å²) in [6.07, 6.45) is 3.37. The van der Waals surface area contributed by atoms with E-state index in [4.69, 9.17) is 79.4 Å². The van der Waals surface area contributed by atoms with Gasteiger partial charge in [-0.2, -0.15) is 0 Å². The van der Waals surface area contributed by atoms with Gasteiger partial charge in [0.15, 0.2) is 0 Å². The Labute approximate surface area is 501 Å². The van der Waals surface area contributed by atoms with Crippen molar-refractivity contribution in [1.82, 2.24) is 20.4 Å². The molecule has 2 fully saturated rings. The number of aryl methyl sites for hydroxylation is 2. The maximum atomic E-state index is 13.3. The number of carboxylic acids is 1. The number of hydrogen-bond acceptors (Lipinski definition) is 10. The summed E-state index contributed by atoms with van der Waals surface area (Å²) in [5, 5.41) is 30.9. The number of nitrogens with one attached hydrogen (secondary N) is 4. The summed E-state index contributed by atoms with van der Waals surface area (Å²) in [4.78, 5) is 80.5. The molecule has 81 heavy (non-hydrogen) atoms. The van der Waals surface area contributed by atoms with Crippen LogP contribution in [0.3, 0.4) is 0 Å². The van der Waals surface area contributed by atoms with Gasteiger partial charge in [-0.05, 0) is 137 Å². The Hall–Kier alpha value is -6.24. The Morgan fingerprint density at radius 3 is 1.19 bits per heavy atom. The van der Waals surface area contributed by atoms with Gasteiger partial charge in [-0.25, -0.2) is 9.59 Å². The van der Waals surface area contributed by atoms with Crippen molar-refractivity contribution in [2.45, 2.75) is 76.7 Å². The predicted octanol–water partition coefficient (Wildman–Crippen LogP) is 11.9. The van der Waals surface area contributed by atoms with E-state index in [1.165, 1.54) is 0 Å². The first-order valence-corrected chi connectivity index (χ1v) is 28.1. The Morgan fingerprint density at radius 2 is 0.827 bits per heavy atom. The van der Waals surface area contributed by atoms with Gasteiger partial charge in [0.2, 0.25) is 0 Å². The molecule has 0 radical (unpaired) electrons. The van der Waals surface area contributed by atoms with Crippen LogP contribution >= 0.6 is 69.6 Å². The number of halogens is 6. The first-order chi connectivity index (χ1) is 38.6. The number of rotatable bonds is 15. The Morgan fingerprint density at radius 1 is 0.494 bits per heavy atom. The molecule has 6 N–H and O–H groups in total. The van der Waals surface area contributed by atoms with Gasteiger partial charge in [0.05, 0.1) is 58.5 Å². The Balaban J connectivity index is 0.000000232. The molecule has 15 nitrogen and oxygen atoms in total. The van der Waals surface area contributed by atoms with Crippen LogP contribution in [-0.2, 0) is 27.2 Å². The lowest BCUT2D eigenvalue weighted by atomic mass is 10.0. The highest BCUT2D eigenvalue weighted by atomic mass is 35.5. The van der Waals surface area contributed by atoms with E-state index in [9.17, 15) is 33.9 Å². The van der Waals surface area contributed by atoms with Crippen molar-refractivity contribution in [1.29, 1.82) is 0 Å². The molecule has 0 saturated carbocycles. The fraction of sp³-hybridized carbons (Fsp3) is 0.300. The summed E-state index contributed by atoms with van der Waals surface area (Å²) in [7, 11) is 4.12. The van der Waals surface area contributed by atoms with Crippen LogP contribution in [0.1, 0.15) is 89.4 Å². The normalized spacial score (nSPS) is 14.6. The van der Waals surface area contributed by atoms with Crippen LogP contribution in [0.15, 0.2) is 121 Å². The molecule has 6 aromatic carbocycles. The van der Waals surface area contributed by atoms with Crippen molar-refractivity contribution in [2.75, 3.05) is 50.9 Å². The van der Waals surface area contributed by atoms with Gasteiger partial charge in [-0.3, -0.25) is 19.2 Å². The molecule has 2 heterocycles. The molecule has 2 saturated heterocycles. The summed E-state index contributed by atoms with van der Waals surface area (Å²) < 4.78 is 5.82. The number of nitrogens with zero attached hydrogens (tertiary/aromatic N) is 2. The first-order valence-electron chi connectivity index (χ1n) is 25.9. The molecule has 6 aromatic rings. The van der Waals surface area contributed by atoms with Crippen molar-refractivity contribution < 1.29 is 43.7 Å². The van der Waals surface area contributed by atoms with Crippen LogP contribution in [0.5, 0.6) is 0 Å². The zero-order valence-corrected chi connectivity index (χ0v) is 49.4. The van der Waals surface area contributed by atoms with E-state index in [0.29, 0.717) is 38.7 Å². The average Bonchev–Trinajstić information content (AvgIpc) is 3.42. The number of esters is 1. The van der Waals surface area contributed by atoms with E-state index in [-0.39, 0.29) is 66.9 Å². The molecule has 2 aliphatic rings. The minimum absolute atomic E-state index is 0.0220. The maximum Gasteiger partial charge on any atom is 0.329 e. The average molecular weight is 1220 g/mol. The first kappa shape index (κ1) is 63.9. The van der Waals surface area contributed by atoms with Crippen molar-refractivity contribution >= 4 is 117 Å². The summed E-state index contributed by atoms with van der Waals surface area (Å²) in [5.41, 5.74) is 4.64. The monoisotopic (exact) mass is 1220 g/mol. The van der Waals surface area contributed by atoms with E-state index >= 15 is 0 Å². The van der Waals surface area contributed by atoms with Gasteiger partial charge in [-0.1, -0.05) is 130 Å². The molecule has 2 aliphatic heterocycles. The van der Waals surface area contributed by atoms with Gasteiger partial charge < -0.3 is 46.0 Å². The van der Waals surface area contributed by atoms with Crippen molar-refractivity contribution in [2.24, 2.45) is 0 Å². The molecule has 0 bridgehead atoms. The molecular formula is C60H62Cl6N6O9. The van der Waals surface area contributed by atoms with Crippen molar-refractivity contribution in [3.05, 3.63) is 196 Å². The summed E-state index contributed by atoms with van der Waals surface area (Å²) in [6.45, 7) is 7.29. The molecule has 4 amide bonds. The number of aliphatic hydroxyl groups is 1. The number of hydrogen-bond donors (Lipinski definition) is 6. The van der Waals surface area contributed by atoms with Gasteiger partial charge >= 0.3 is 11.9 Å². The molecule has 21 heteroatoms.